The van der Waals surface area contributed by atoms with E-state index in [0.29, 0.717) is 17.1 Å². The maximum atomic E-state index is 13.0. The predicted octanol–water partition coefficient (Wildman–Crippen LogP) is 5.37. The van der Waals surface area contributed by atoms with E-state index in [1.54, 1.807) is 17.4 Å². The Hall–Kier alpha value is -1.69. The summed E-state index contributed by atoms with van der Waals surface area (Å²) < 4.78 is 1.15. The summed E-state index contributed by atoms with van der Waals surface area (Å²) in [5, 5.41) is 1.49. The predicted molar refractivity (Wildman–Crippen MR) is 102 cm³/mol. The van der Waals surface area contributed by atoms with Gasteiger partial charge in [-0.1, -0.05) is 35.3 Å². The van der Waals surface area contributed by atoms with Gasteiger partial charge < -0.3 is 4.90 Å². The topological polar surface area (TPSA) is 46.1 Å². The molecule has 3 aromatic rings. The molecule has 2 aromatic heterocycles. The van der Waals surface area contributed by atoms with Crippen LogP contribution >= 0.6 is 34.5 Å². The van der Waals surface area contributed by atoms with E-state index in [-0.39, 0.29) is 17.1 Å². The first-order chi connectivity index (χ1) is 12.1. The number of piperidine rings is 1. The van der Waals surface area contributed by atoms with Crippen molar-refractivity contribution in [3.63, 3.8) is 0 Å². The number of carbonyl (C=O) groups excluding carboxylic acids is 1. The average molecular weight is 392 g/mol. The van der Waals surface area contributed by atoms with Gasteiger partial charge in [-0.2, -0.15) is 0 Å². The smallest absolute Gasteiger partial charge is 0.256 e. The molecule has 3 heterocycles. The highest BCUT2D eigenvalue weighted by Crippen LogP contribution is 2.36. The average Bonchev–Trinajstić information content (AvgIpc) is 3.07. The number of aromatic nitrogens is 2. The van der Waals surface area contributed by atoms with Gasteiger partial charge in [0.05, 0.1) is 26.8 Å². The molecule has 0 spiro atoms. The Kier molecular flexibility index (Phi) is 4.63. The summed E-state index contributed by atoms with van der Waals surface area (Å²) in [6.45, 7) is 0.708. The standard InChI is InChI=1S/C18H15Cl2N3OS/c19-12-9-11(10-21-16(12)20)18(24)23-8-4-3-6-14(23)17-22-13-5-1-2-7-15(13)25-17/h1-2,5,7,9-10,14H,3-4,6,8H2. The first-order valence-corrected chi connectivity index (χ1v) is 9.68. The zero-order chi connectivity index (χ0) is 17.4. The van der Waals surface area contributed by atoms with Gasteiger partial charge in [0.1, 0.15) is 10.2 Å². The number of nitrogens with zero attached hydrogens (tertiary/aromatic N) is 3. The quantitative estimate of drug-likeness (QED) is 0.551. The number of hydrogen-bond acceptors (Lipinski definition) is 4. The van der Waals surface area contributed by atoms with E-state index in [4.69, 9.17) is 28.2 Å². The molecule has 1 unspecified atom stereocenters. The molecule has 1 atom stereocenters. The number of thiazole rings is 1. The molecule has 1 aliphatic heterocycles. The number of hydrogen-bond donors (Lipinski definition) is 0. The number of likely N-dealkylation sites (tertiary alicyclic amines) is 1. The molecule has 1 aromatic carbocycles. The van der Waals surface area contributed by atoms with Crippen LogP contribution in [0.3, 0.4) is 0 Å². The number of amides is 1. The lowest BCUT2D eigenvalue weighted by atomic mass is 10.0. The second-order valence-corrected chi connectivity index (χ2v) is 7.85. The highest BCUT2D eigenvalue weighted by Gasteiger charge is 2.31. The molecule has 4 nitrogen and oxygen atoms in total. The van der Waals surface area contributed by atoms with Gasteiger partial charge in [-0.25, -0.2) is 9.97 Å². The highest BCUT2D eigenvalue weighted by molar-refractivity contribution is 7.18. The number of halogens is 2. The first kappa shape index (κ1) is 16.8. The fourth-order valence-electron chi connectivity index (χ4n) is 3.17. The summed E-state index contributed by atoms with van der Waals surface area (Å²) in [5.74, 6) is -0.0741. The van der Waals surface area contributed by atoms with Crippen molar-refractivity contribution >= 4 is 50.7 Å². The molecular weight excluding hydrogens is 377 g/mol. The molecule has 1 amide bonds. The Balaban J connectivity index is 1.68. The molecule has 0 N–H and O–H groups in total. The van der Waals surface area contributed by atoms with Crippen LogP contribution in [0.1, 0.15) is 40.7 Å². The van der Waals surface area contributed by atoms with Crippen LogP contribution in [0.15, 0.2) is 36.5 Å². The normalized spacial score (nSPS) is 17.8. The lowest BCUT2D eigenvalue weighted by molar-refractivity contribution is 0.0611. The highest BCUT2D eigenvalue weighted by atomic mass is 35.5. The van der Waals surface area contributed by atoms with Crippen molar-refractivity contribution in [2.45, 2.75) is 25.3 Å². The van der Waals surface area contributed by atoms with Crippen LogP contribution in [0.4, 0.5) is 0 Å². The zero-order valence-corrected chi connectivity index (χ0v) is 15.6. The number of fused-ring (bicyclic) bond motifs is 1. The minimum atomic E-state index is -0.0741. The number of benzene rings is 1. The molecule has 1 fully saturated rings. The van der Waals surface area contributed by atoms with Crippen molar-refractivity contribution in [3.05, 3.63) is 57.3 Å². The molecular formula is C18H15Cl2N3OS. The molecule has 25 heavy (non-hydrogen) atoms. The number of para-hydroxylation sites is 1. The van der Waals surface area contributed by atoms with E-state index in [1.807, 2.05) is 23.1 Å². The molecule has 4 rings (SSSR count). The third-order valence-electron chi connectivity index (χ3n) is 4.40. The third-order valence-corrected chi connectivity index (χ3v) is 6.23. The third kappa shape index (κ3) is 3.24. The molecule has 1 aliphatic rings. The fourth-order valence-corrected chi connectivity index (χ4v) is 4.55. The van der Waals surface area contributed by atoms with Crippen molar-refractivity contribution in [2.75, 3.05) is 6.54 Å². The summed E-state index contributed by atoms with van der Waals surface area (Å²) in [7, 11) is 0. The van der Waals surface area contributed by atoms with Crippen LogP contribution in [0.2, 0.25) is 10.2 Å². The maximum absolute atomic E-state index is 13.0. The molecule has 1 saturated heterocycles. The van der Waals surface area contributed by atoms with Gasteiger partial charge in [0.2, 0.25) is 0 Å². The Bertz CT molecular complexity index is 910. The molecule has 0 bridgehead atoms. The van der Waals surface area contributed by atoms with Crippen LogP contribution in [0.5, 0.6) is 0 Å². The lowest BCUT2D eigenvalue weighted by Gasteiger charge is -2.34. The van der Waals surface area contributed by atoms with Crippen molar-refractivity contribution < 1.29 is 4.79 Å². The summed E-state index contributed by atoms with van der Waals surface area (Å²) >= 11 is 13.6. The largest absolute Gasteiger partial charge is 0.329 e. The molecule has 0 saturated carbocycles. The van der Waals surface area contributed by atoms with Gasteiger partial charge in [0.25, 0.3) is 5.91 Å². The van der Waals surface area contributed by atoms with Crippen LogP contribution < -0.4 is 0 Å². The van der Waals surface area contributed by atoms with Gasteiger partial charge >= 0.3 is 0 Å². The van der Waals surface area contributed by atoms with Crippen LogP contribution in [-0.4, -0.2) is 27.3 Å². The zero-order valence-electron chi connectivity index (χ0n) is 13.3. The lowest BCUT2D eigenvalue weighted by Crippen LogP contribution is -2.38. The van der Waals surface area contributed by atoms with Crippen molar-refractivity contribution in [3.8, 4) is 0 Å². The van der Waals surface area contributed by atoms with E-state index in [9.17, 15) is 4.79 Å². The summed E-state index contributed by atoms with van der Waals surface area (Å²) in [6.07, 6.45) is 4.48. The van der Waals surface area contributed by atoms with Gasteiger partial charge in [-0.3, -0.25) is 4.79 Å². The second-order valence-electron chi connectivity index (χ2n) is 6.03. The summed E-state index contributed by atoms with van der Waals surface area (Å²) in [6, 6.07) is 9.64. The van der Waals surface area contributed by atoms with Gasteiger partial charge in [0, 0.05) is 12.7 Å². The number of carbonyl (C=O) groups is 1. The SMILES string of the molecule is O=C(c1cnc(Cl)c(Cl)c1)N1CCCCC1c1nc2ccccc2s1. The van der Waals surface area contributed by atoms with Crippen molar-refractivity contribution in [1.82, 2.24) is 14.9 Å². The minimum Gasteiger partial charge on any atom is -0.329 e. The summed E-state index contributed by atoms with van der Waals surface area (Å²) in [5.41, 5.74) is 1.44. The van der Waals surface area contributed by atoms with Crippen LogP contribution in [0.25, 0.3) is 10.2 Å². The van der Waals surface area contributed by atoms with E-state index >= 15 is 0 Å². The minimum absolute atomic E-state index is 0.00639. The van der Waals surface area contributed by atoms with Gasteiger partial charge in [-0.15, -0.1) is 11.3 Å². The van der Waals surface area contributed by atoms with E-state index in [1.165, 1.54) is 6.20 Å². The molecule has 0 radical (unpaired) electrons. The second kappa shape index (κ2) is 6.90. The Morgan fingerprint density at radius 1 is 1.24 bits per heavy atom. The first-order valence-electron chi connectivity index (χ1n) is 8.11. The van der Waals surface area contributed by atoms with Crippen LogP contribution in [-0.2, 0) is 0 Å². The Morgan fingerprint density at radius 2 is 2.08 bits per heavy atom. The monoisotopic (exact) mass is 391 g/mol. The van der Waals surface area contributed by atoms with E-state index in [2.05, 4.69) is 11.1 Å². The summed E-state index contributed by atoms with van der Waals surface area (Å²) in [4.78, 5) is 23.7. The molecule has 128 valence electrons. The van der Waals surface area contributed by atoms with Crippen LogP contribution in [0, 0.1) is 0 Å². The number of pyridine rings is 1. The molecule has 0 aliphatic carbocycles. The van der Waals surface area contributed by atoms with Gasteiger partial charge in [-0.05, 0) is 37.5 Å². The van der Waals surface area contributed by atoms with Crippen molar-refractivity contribution in [2.24, 2.45) is 0 Å². The maximum Gasteiger partial charge on any atom is 0.256 e. The number of rotatable bonds is 2. The molecule has 7 heteroatoms. The fraction of sp³-hybridized carbons (Fsp3) is 0.278. The van der Waals surface area contributed by atoms with E-state index in [0.717, 1.165) is 34.5 Å². The van der Waals surface area contributed by atoms with Crippen molar-refractivity contribution in [1.29, 1.82) is 0 Å². The van der Waals surface area contributed by atoms with Gasteiger partial charge in [0.15, 0.2) is 0 Å². The Morgan fingerprint density at radius 3 is 2.88 bits per heavy atom. The Labute approximate surface area is 159 Å². The van der Waals surface area contributed by atoms with E-state index < -0.39 is 0 Å².